The van der Waals surface area contributed by atoms with Gasteiger partial charge >= 0.3 is 5.97 Å². The summed E-state index contributed by atoms with van der Waals surface area (Å²) in [7, 11) is 1.35. The van der Waals surface area contributed by atoms with Crippen LogP contribution in [0.15, 0.2) is 0 Å². The minimum atomic E-state index is -0.704. The van der Waals surface area contributed by atoms with E-state index < -0.39 is 6.10 Å². The normalized spacial score (nSPS) is 11.5. The number of hydrogen-bond acceptors (Lipinski definition) is 3. The average molecular weight is 254 g/mol. The molecule has 0 heterocycles. The molecule has 0 unspecified atom stereocenters. The smallest absolute Gasteiger partial charge is 0.305 e. The van der Waals surface area contributed by atoms with Gasteiger partial charge in [0.15, 0.2) is 0 Å². The summed E-state index contributed by atoms with van der Waals surface area (Å²) in [5.74, 6) is 5.43. The highest BCUT2D eigenvalue weighted by molar-refractivity contribution is 5.69. The SMILES string of the molecule is CCCCCCCCC#C[C@H](O)CCC(=O)OC. The van der Waals surface area contributed by atoms with Gasteiger partial charge in [-0.15, -0.1) is 5.92 Å². The van der Waals surface area contributed by atoms with E-state index >= 15 is 0 Å². The number of hydrogen-bond donors (Lipinski definition) is 1. The lowest BCUT2D eigenvalue weighted by molar-refractivity contribution is -0.141. The van der Waals surface area contributed by atoms with E-state index in [2.05, 4.69) is 23.5 Å². The molecule has 0 fully saturated rings. The lowest BCUT2D eigenvalue weighted by atomic mass is 10.1. The molecule has 1 N–H and O–H groups in total. The van der Waals surface area contributed by atoms with Crippen LogP contribution in [0.4, 0.5) is 0 Å². The van der Waals surface area contributed by atoms with Gasteiger partial charge in [0.2, 0.25) is 0 Å². The third-order valence-electron chi connectivity index (χ3n) is 2.77. The van der Waals surface area contributed by atoms with E-state index in [1.54, 1.807) is 0 Å². The zero-order chi connectivity index (χ0) is 13.6. The minimum Gasteiger partial charge on any atom is -0.469 e. The Morgan fingerprint density at radius 2 is 1.89 bits per heavy atom. The van der Waals surface area contributed by atoms with Crippen molar-refractivity contribution in [2.24, 2.45) is 0 Å². The van der Waals surface area contributed by atoms with Gasteiger partial charge in [0.05, 0.1) is 7.11 Å². The van der Waals surface area contributed by atoms with Crippen LogP contribution in [0.1, 0.15) is 64.7 Å². The Balaban J connectivity index is 3.43. The molecule has 0 spiro atoms. The minimum absolute atomic E-state index is 0.226. The molecule has 0 bridgehead atoms. The molecule has 0 aromatic heterocycles. The Morgan fingerprint density at radius 1 is 1.22 bits per heavy atom. The molecule has 104 valence electrons. The maximum atomic E-state index is 10.8. The standard InChI is InChI=1S/C15H26O3/c1-3-4-5-6-7-8-9-10-11-14(16)12-13-15(17)18-2/h14,16H,3-9,12-13H2,1-2H3/t14-/m0/s1. The van der Waals surface area contributed by atoms with Crippen molar-refractivity contribution in [3.05, 3.63) is 0 Å². The van der Waals surface area contributed by atoms with Gasteiger partial charge in [-0.2, -0.15) is 0 Å². The molecular weight excluding hydrogens is 228 g/mol. The second-order valence-electron chi connectivity index (χ2n) is 4.47. The van der Waals surface area contributed by atoms with Crippen LogP contribution in [0.25, 0.3) is 0 Å². The summed E-state index contributed by atoms with van der Waals surface area (Å²) in [4.78, 5) is 10.8. The fraction of sp³-hybridized carbons (Fsp3) is 0.800. The number of methoxy groups -OCH3 is 1. The molecule has 1 atom stereocenters. The summed E-state index contributed by atoms with van der Waals surface area (Å²) in [5.41, 5.74) is 0. The van der Waals surface area contributed by atoms with Crippen molar-refractivity contribution in [1.82, 2.24) is 0 Å². The Hall–Kier alpha value is -1.01. The van der Waals surface area contributed by atoms with Crippen molar-refractivity contribution in [3.8, 4) is 11.8 Å². The number of aliphatic hydroxyl groups excluding tert-OH is 1. The highest BCUT2D eigenvalue weighted by atomic mass is 16.5. The quantitative estimate of drug-likeness (QED) is 0.391. The van der Waals surface area contributed by atoms with Crippen molar-refractivity contribution in [1.29, 1.82) is 0 Å². The molecule has 0 aromatic rings. The molecule has 0 aliphatic rings. The molecule has 0 aliphatic heterocycles. The van der Waals surface area contributed by atoms with Crippen molar-refractivity contribution in [2.75, 3.05) is 7.11 Å². The predicted molar refractivity (Wildman–Crippen MR) is 73.0 cm³/mol. The molecule has 0 aliphatic carbocycles. The number of carbonyl (C=O) groups excluding carboxylic acids is 1. The van der Waals surface area contributed by atoms with Crippen LogP contribution >= 0.6 is 0 Å². The first-order valence-electron chi connectivity index (χ1n) is 6.94. The average Bonchev–Trinajstić information content (AvgIpc) is 2.39. The second kappa shape index (κ2) is 12.4. The number of unbranched alkanes of at least 4 members (excludes halogenated alkanes) is 6. The van der Waals surface area contributed by atoms with Crippen LogP contribution in [0.5, 0.6) is 0 Å². The number of rotatable bonds is 9. The highest BCUT2D eigenvalue weighted by Gasteiger charge is 2.04. The zero-order valence-electron chi connectivity index (χ0n) is 11.7. The van der Waals surface area contributed by atoms with Crippen molar-refractivity contribution >= 4 is 5.97 Å². The van der Waals surface area contributed by atoms with Gasteiger partial charge in [0, 0.05) is 12.8 Å². The van der Waals surface area contributed by atoms with Gasteiger partial charge in [-0.3, -0.25) is 4.79 Å². The van der Waals surface area contributed by atoms with E-state index in [0.29, 0.717) is 6.42 Å². The third kappa shape index (κ3) is 11.5. The number of ether oxygens (including phenoxy) is 1. The largest absolute Gasteiger partial charge is 0.469 e. The fourth-order valence-corrected chi connectivity index (χ4v) is 1.61. The van der Waals surface area contributed by atoms with Crippen molar-refractivity contribution in [3.63, 3.8) is 0 Å². The van der Waals surface area contributed by atoms with E-state index in [4.69, 9.17) is 0 Å². The van der Waals surface area contributed by atoms with Crippen LogP contribution in [0, 0.1) is 11.8 Å². The van der Waals surface area contributed by atoms with Crippen LogP contribution in [0.3, 0.4) is 0 Å². The van der Waals surface area contributed by atoms with Crippen molar-refractivity contribution in [2.45, 2.75) is 70.8 Å². The second-order valence-corrected chi connectivity index (χ2v) is 4.47. The zero-order valence-corrected chi connectivity index (χ0v) is 11.7. The Bertz CT molecular complexity index is 263. The Kier molecular flexibility index (Phi) is 11.7. The monoisotopic (exact) mass is 254 g/mol. The molecule has 3 nitrogen and oxygen atoms in total. The van der Waals surface area contributed by atoms with Crippen LogP contribution in [-0.4, -0.2) is 24.3 Å². The van der Waals surface area contributed by atoms with Crippen LogP contribution in [-0.2, 0) is 9.53 Å². The van der Waals surface area contributed by atoms with Crippen molar-refractivity contribution < 1.29 is 14.6 Å². The van der Waals surface area contributed by atoms with E-state index in [-0.39, 0.29) is 12.4 Å². The van der Waals surface area contributed by atoms with Crippen LogP contribution < -0.4 is 0 Å². The topological polar surface area (TPSA) is 46.5 Å². The highest BCUT2D eigenvalue weighted by Crippen LogP contribution is 2.06. The summed E-state index contributed by atoms with van der Waals surface area (Å²) in [6.07, 6.45) is 8.20. The molecule has 3 heteroatoms. The number of aliphatic hydroxyl groups is 1. The molecule has 0 rings (SSSR count). The lowest BCUT2D eigenvalue weighted by Gasteiger charge is -2.01. The molecule has 0 aromatic carbocycles. The molecule has 18 heavy (non-hydrogen) atoms. The van der Waals surface area contributed by atoms with Gasteiger partial charge in [-0.1, -0.05) is 44.9 Å². The van der Waals surface area contributed by atoms with Gasteiger partial charge in [0.25, 0.3) is 0 Å². The first kappa shape index (κ1) is 17.0. The maximum Gasteiger partial charge on any atom is 0.305 e. The fourth-order valence-electron chi connectivity index (χ4n) is 1.61. The maximum absolute atomic E-state index is 10.8. The molecule has 0 saturated carbocycles. The predicted octanol–water partition coefficient (Wildman–Crippen LogP) is 3.05. The van der Waals surface area contributed by atoms with E-state index in [1.165, 1.54) is 39.2 Å². The lowest BCUT2D eigenvalue weighted by Crippen LogP contribution is -2.08. The first-order valence-corrected chi connectivity index (χ1v) is 6.94. The summed E-state index contributed by atoms with van der Waals surface area (Å²) < 4.78 is 4.49. The number of esters is 1. The van der Waals surface area contributed by atoms with E-state index in [0.717, 1.165) is 12.8 Å². The number of carbonyl (C=O) groups is 1. The third-order valence-corrected chi connectivity index (χ3v) is 2.77. The summed E-state index contributed by atoms with van der Waals surface area (Å²) in [6.45, 7) is 2.21. The van der Waals surface area contributed by atoms with Gasteiger partial charge in [-0.05, 0) is 12.8 Å². The molecule has 0 radical (unpaired) electrons. The summed E-state index contributed by atoms with van der Waals surface area (Å²) in [5, 5.41) is 9.48. The Morgan fingerprint density at radius 3 is 2.56 bits per heavy atom. The van der Waals surface area contributed by atoms with Gasteiger partial charge < -0.3 is 9.84 Å². The molecular formula is C15H26O3. The Labute approximate surface area is 111 Å². The summed E-state index contributed by atoms with van der Waals surface area (Å²) >= 11 is 0. The van der Waals surface area contributed by atoms with E-state index in [1.807, 2.05) is 0 Å². The van der Waals surface area contributed by atoms with Gasteiger partial charge in [-0.25, -0.2) is 0 Å². The summed E-state index contributed by atoms with van der Waals surface area (Å²) in [6, 6.07) is 0. The van der Waals surface area contributed by atoms with Gasteiger partial charge in [0.1, 0.15) is 6.10 Å². The van der Waals surface area contributed by atoms with E-state index in [9.17, 15) is 9.90 Å². The molecule has 0 saturated heterocycles. The first-order chi connectivity index (χ1) is 8.70. The molecule has 0 amide bonds. The van der Waals surface area contributed by atoms with Crippen LogP contribution in [0.2, 0.25) is 0 Å².